The Balaban J connectivity index is -0.000000205. The molecule has 0 saturated carbocycles. The van der Waals surface area contributed by atoms with Crippen molar-refractivity contribution in [2.45, 2.75) is 259 Å². The van der Waals surface area contributed by atoms with Gasteiger partial charge in [0.2, 0.25) is 0 Å². The van der Waals surface area contributed by atoms with Crippen LogP contribution in [0.4, 0.5) is 0 Å². The Morgan fingerprint density at radius 2 is 0.551 bits per heavy atom. The van der Waals surface area contributed by atoms with E-state index < -0.39 is 0 Å². The molecule has 0 amide bonds. The van der Waals surface area contributed by atoms with Crippen LogP contribution in [0.15, 0.2) is 0 Å². The van der Waals surface area contributed by atoms with E-state index in [-0.39, 0.29) is 34.1 Å². The molecule has 5 heteroatoms. The van der Waals surface area contributed by atoms with Crippen LogP contribution in [0.25, 0.3) is 11.5 Å². The second-order valence-corrected chi connectivity index (χ2v) is 14.7. The third-order valence-electron chi connectivity index (χ3n) is 9.86. The molecule has 0 aromatic carbocycles. The van der Waals surface area contributed by atoms with Gasteiger partial charge in [-0.2, -0.15) is 13.1 Å². The van der Waals surface area contributed by atoms with Gasteiger partial charge in [-0.3, -0.25) is 0 Å². The van der Waals surface area contributed by atoms with Gasteiger partial charge in [0.15, 0.2) is 0 Å². The van der Waals surface area contributed by atoms with E-state index in [9.17, 15) is 0 Å². The van der Waals surface area contributed by atoms with Crippen molar-refractivity contribution in [1.29, 1.82) is 0 Å². The van der Waals surface area contributed by atoms with Crippen molar-refractivity contribution < 1.29 is 39.2 Å². The smallest absolute Gasteiger partial charge is 1.00 e. The predicted molar refractivity (Wildman–Crippen MR) is 218 cm³/mol. The topological polar surface area (TPSA) is 67.8 Å². The van der Waals surface area contributed by atoms with Gasteiger partial charge in [-0.05, 0) is 12.3 Å². The van der Waals surface area contributed by atoms with Crippen LogP contribution in [0.1, 0.15) is 259 Å². The number of hydrogen-bond donors (Lipinski definition) is 1. The van der Waals surface area contributed by atoms with E-state index in [0.717, 1.165) is 19.3 Å². The fourth-order valence-corrected chi connectivity index (χ4v) is 6.26. The Morgan fingerprint density at radius 1 is 0.347 bits per heavy atom. The quantitative estimate of drug-likeness (QED) is 0.0499. The molecule has 0 aliphatic rings. The van der Waals surface area contributed by atoms with Gasteiger partial charge in [-0.15, -0.1) is 0 Å². The van der Waals surface area contributed by atoms with Crippen LogP contribution in [0.5, 0.6) is 0 Å². The molecule has 0 aromatic rings. The first kappa shape index (κ1) is 59.2. The molecule has 0 saturated heterocycles. The molecule has 0 aliphatic heterocycles. The fourth-order valence-electron chi connectivity index (χ4n) is 6.26. The zero-order valence-corrected chi connectivity index (χ0v) is 36.8. The SMILES string of the molecule is CCCCC(CC)CO.CCCCCCCCCCCCCCCCCC[NH-].CCCCCCCCCCCCCCCCCC[NH-].[Cl-].[Ti+2]. The first-order chi connectivity index (χ1) is 23.2. The van der Waals surface area contributed by atoms with Crippen LogP contribution in [-0.4, -0.2) is 24.8 Å². The van der Waals surface area contributed by atoms with Crippen molar-refractivity contribution in [3.63, 3.8) is 0 Å². The van der Waals surface area contributed by atoms with Crippen LogP contribution in [-0.2, 0) is 21.7 Å². The zero-order valence-electron chi connectivity index (χ0n) is 34.5. The standard InChI is InChI=1S/2C18H38N.C8H18O.ClH.Ti/c2*1-2-3-4-5-6-7-8-9-10-11-12-13-14-15-16-17-18-19;1-3-5-6-8(4-2)7-9;;/h2*19H,2-18H2,1H3;8-9H,3-7H2,1-2H3;1H;/q2*-1;;;+2/p-1. The van der Waals surface area contributed by atoms with E-state index in [2.05, 4.69) is 27.7 Å². The minimum atomic E-state index is 0. The zero-order chi connectivity index (χ0) is 35.2. The van der Waals surface area contributed by atoms with Gasteiger partial charge in [0.05, 0.1) is 0 Å². The van der Waals surface area contributed by atoms with Crippen molar-refractivity contribution in [1.82, 2.24) is 0 Å². The summed E-state index contributed by atoms with van der Waals surface area (Å²) in [6.07, 6.45) is 49.9. The number of nitrogens with one attached hydrogen (secondary N) is 2. The number of unbranched alkanes of at least 4 members (excludes halogenated alkanes) is 31. The predicted octanol–water partition coefficient (Wildman–Crippen LogP) is 13.8. The first-order valence-corrected chi connectivity index (χ1v) is 22.1. The molecule has 0 bridgehead atoms. The molecule has 0 aliphatic carbocycles. The van der Waals surface area contributed by atoms with Crippen LogP contribution in [0, 0.1) is 5.92 Å². The summed E-state index contributed by atoms with van der Waals surface area (Å²) in [6, 6.07) is 0. The van der Waals surface area contributed by atoms with Crippen LogP contribution < -0.4 is 12.4 Å². The van der Waals surface area contributed by atoms with Crippen molar-refractivity contribution in [3.05, 3.63) is 11.5 Å². The third kappa shape index (κ3) is 64.3. The molecule has 0 fully saturated rings. The van der Waals surface area contributed by atoms with Gasteiger partial charge < -0.3 is 29.0 Å². The summed E-state index contributed by atoms with van der Waals surface area (Å²) in [5, 5.41) is 8.75. The second-order valence-electron chi connectivity index (χ2n) is 14.7. The van der Waals surface area contributed by atoms with Gasteiger partial charge in [0.1, 0.15) is 0 Å². The molecule has 3 nitrogen and oxygen atoms in total. The van der Waals surface area contributed by atoms with E-state index >= 15 is 0 Å². The molecule has 49 heavy (non-hydrogen) atoms. The molecular formula is C44H94ClN2OTi-. The molecular weight excluding hydrogens is 656 g/mol. The summed E-state index contributed by atoms with van der Waals surface area (Å²) < 4.78 is 0. The minimum Gasteiger partial charge on any atom is -1.00 e. The number of rotatable bonds is 37. The van der Waals surface area contributed by atoms with Crippen LogP contribution >= 0.6 is 0 Å². The fraction of sp³-hybridized carbons (Fsp3) is 1.00. The molecule has 298 valence electrons. The van der Waals surface area contributed by atoms with Crippen molar-refractivity contribution in [2.75, 3.05) is 19.7 Å². The van der Waals surface area contributed by atoms with Crippen molar-refractivity contribution >= 4 is 0 Å². The van der Waals surface area contributed by atoms with Crippen LogP contribution in [0.2, 0.25) is 0 Å². The Labute approximate surface area is 333 Å². The minimum absolute atomic E-state index is 0. The van der Waals surface area contributed by atoms with Gasteiger partial charge >= 0.3 is 21.7 Å². The maximum atomic E-state index is 8.75. The van der Waals surface area contributed by atoms with Crippen LogP contribution in [0.3, 0.4) is 0 Å². The Kier molecular flexibility index (Phi) is 73.6. The Bertz CT molecular complexity index is 416. The van der Waals surface area contributed by atoms with Gasteiger partial charge in [0, 0.05) is 6.61 Å². The number of aliphatic hydroxyl groups is 1. The van der Waals surface area contributed by atoms with Gasteiger partial charge in [0.25, 0.3) is 0 Å². The number of aliphatic hydroxyl groups excluding tert-OH is 1. The largest absolute Gasteiger partial charge is 2.00 e. The third-order valence-corrected chi connectivity index (χ3v) is 9.86. The maximum absolute atomic E-state index is 8.75. The van der Waals surface area contributed by atoms with E-state index in [1.807, 2.05) is 0 Å². The second kappa shape index (κ2) is 60.9. The van der Waals surface area contributed by atoms with E-state index in [1.54, 1.807) is 0 Å². The normalized spacial score (nSPS) is 11.1. The van der Waals surface area contributed by atoms with Crippen molar-refractivity contribution in [3.8, 4) is 0 Å². The monoisotopic (exact) mass is 750 g/mol. The summed E-state index contributed by atoms with van der Waals surface area (Å²) in [5.74, 6) is 0.560. The van der Waals surface area contributed by atoms with E-state index in [1.165, 1.54) is 212 Å². The molecule has 0 aromatic heterocycles. The first-order valence-electron chi connectivity index (χ1n) is 22.1. The molecule has 1 atom stereocenters. The molecule has 0 heterocycles. The summed E-state index contributed by atoms with van der Waals surface area (Å²) in [7, 11) is 0. The van der Waals surface area contributed by atoms with Crippen molar-refractivity contribution in [2.24, 2.45) is 5.92 Å². The summed E-state index contributed by atoms with van der Waals surface area (Å²) in [5.41, 5.74) is 14.2. The number of halogens is 1. The Morgan fingerprint density at radius 3 is 0.714 bits per heavy atom. The molecule has 0 radical (unpaired) electrons. The van der Waals surface area contributed by atoms with Gasteiger partial charge in [-0.1, -0.05) is 252 Å². The summed E-state index contributed by atoms with van der Waals surface area (Å²) in [6.45, 7) is 10.5. The van der Waals surface area contributed by atoms with E-state index in [0.29, 0.717) is 25.6 Å². The molecule has 0 spiro atoms. The number of hydrogen-bond acceptors (Lipinski definition) is 1. The molecule has 0 rings (SSSR count). The molecule has 3 N–H and O–H groups in total. The van der Waals surface area contributed by atoms with Gasteiger partial charge in [-0.25, -0.2) is 0 Å². The molecule has 1 unspecified atom stereocenters. The maximum Gasteiger partial charge on any atom is 2.00 e. The summed E-state index contributed by atoms with van der Waals surface area (Å²) >= 11 is 0. The summed E-state index contributed by atoms with van der Waals surface area (Å²) in [4.78, 5) is 0. The Hall–Kier alpha value is 0.884. The average Bonchev–Trinajstić information content (AvgIpc) is 3.09. The average molecular weight is 751 g/mol. The van der Waals surface area contributed by atoms with E-state index in [4.69, 9.17) is 16.6 Å².